The van der Waals surface area contributed by atoms with Gasteiger partial charge in [-0.25, -0.2) is 24.4 Å². The average molecular weight is 1190 g/mol. The van der Waals surface area contributed by atoms with E-state index >= 15 is 0 Å². The number of aromatic amines is 2. The Labute approximate surface area is 460 Å². The fourth-order valence-corrected chi connectivity index (χ4v) is 7.41. The lowest BCUT2D eigenvalue weighted by atomic mass is 10.2. The molecule has 0 bridgehead atoms. The van der Waals surface area contributed by atoms with Crippen molar-refractivity contribution in [3.63, 3.8) is 0 Å². The van der Waals surface area contributed by atoms with E-state index in [2.05, 4.69) is 56.0 Å². The topological polar surface area (TPSA) is 255 Å². The molecular formula is C50H55Cl2F9N8O11. The second-order valence-corrected chi connectivity index (χ2v) is 17.5. The Kier molecular flexibility index (Phi) is 25.5. The van der Waals surface area contributed by atoms with Gasteiger partial charge in [0.25, 0.3) is 5.91 Å². The van der Waals surface area contributed by atoms with Gasteiger partial charge in [0, 0.05) is 86.6 Å². The first kappa shape index (κ1) is 66.6. The van der Waals surface area contributed by atoms with E-state index in [9.17, 15) is 54.2 Å². The lowest BCUT2D eigenvalue weighted by Crippen LogP contribution is -2.44. The molecule has 1 fully saturated rings. The first-order chi connectivity index (χ1) is 37.1. The molecule has 1 saturated heterocycles. The smallest absolute Gasteiger partial charge is 0.490 e. The Morgan fingerprint density at radius 3 is 1.55 bits per heavy atom. The van der Waals surface area contributed by atoms with Crippen LogP contribution in [-0.4, -0.2) is 183 Å². The number of rotatable bonds is 19. The van der Waals surface area contributed by atoms with E-state index in [1.54, 1.807) is 12.1 Å². The Bertz CT molecular complexity index is 2890. The predicted octanol–water partition coefficient (Wildman–Crippen LogP) is 9.50. The van der Waals surface area contributed by atoms with Gasteiger partial charge in [-0.15, -0.1) is 23.2 Å². The van der Waals surface area contributed by atoms with Crippen LogP contribution < -0.4 is 19.3 Å². The Hall–Kier alpha value is -7.72. The van der Waals surface area contributed by atoms with Crippen LogP contribution in [0.25, 0.3) is 44.8 Å². The Balaban J connectivity index is 0.000000647. The zero-order valence-electron chi connectivity index (χ0n) is 41.5. The summed E-state index contributed by atoms with van der Waals surface area (Å²) in [6.45, 7) is 5.99. The van der Waals surface area contributed by atoms with Crippen LogP contribution in [0.1, 0.15) is 20.3 Å². The lowest BCUT2D eigenvalue weighted by molar-refractivity contribution is -0.193. The van der Waals surface area contributed by atoms with E-state index in [1.807, 2.05) is 48.5 Å². The van der Waals surface area contributed by atoms with Crippen molar-refractivity contribution in [2.75, 3.05) is 94.2 Å². The Morgan fingerprint density at radius 1 is 0.613 bits per heavy atom. The van der Waals surface area contributed by atoms with Crippen molar-refractivity contribution in [3.05, 3.63) is 84.9 Å². The molecule has 3 heterocycles. The minimum Gasteiger partial charge on any atom is -0.494 e. The van der Waals surface area contributed by atoms with Gasteiger partial charge in [-0.1, -0.05) is 7.43 Å². The molecule has 6 aromatic rings. The van der Waals surface area contributed by atoms with Gasteiger partial charge in [0.15, 0.2) is 6.61 Å². The molecule has 2 aromatic heterocycles. The molecule has 4 aromatic carbocycles. The highest BCUT2D eigenvalue weighted by molar-refractivity contribution is 6.18. The highest BCUT2D eigenvalue weighted by atomic mass is 35.5. The average Bonchev–Trinajstić information content (AvgIpc) is 4.02. The van der Waals surface area contributed by atoms with Crippen molar-refractivity contribution in [2.24, 2.45) is 0 Å². The minimum absolute atomic E-state index is 0. The molecule has 6 N–H and O–H groups in total. The second kappa shape index (κ2) is 30.6. The number of aliphatic carboxylic acids is 4. The van der Waals surface area contributed by atoms with Crippen molar-refractivity contribution >= 4 is 86.4 Å². The van der Waals surface area contributed by atoms with Crippen LogP contribution in [0.3, 0.4) is 0 Å². The van der Waals surface area contributed by atoms with Crippen molar-refractivity contribution in [1.82, 2.24) is 29.7 Å². The third-order valence-electron chi connectivity index (χ3n) is 11.0. The van der Waals surface area contributed by atoms with E-state index < -0.39 is 42.4 Å². The van der Waals surface area contributed by atoms with Gasteiger partial charge < -0.3 is 59.5 Å². The molecule has 0 spiro atoms. The number of carboxylic acid groups (broad SMARTS) is 4. The number of carbonyl (C=O) groups is 5. The monoisotopic (exact) mass is 1180 g/mol. The zero-order valence-corrected chi connectivity index (χ0v) is 43.0. The molecule has 0 radical (unpaired) electrons. The first-order valence-corrected chi connectivity index (χ1v) is 24.3. The quantitative estimate of drug-likeness (QED) is 0.0251. The number of anilines is 2. The summed E-state index contributed by atoms with van der Waals surface area (Å²) in [4.78, 5) is 76.1. The molecule has 0 atom stereocenters. The second-order valence-electron chi connectivity index (χ2n) is 16.7. The van der Waals surface area contributed by atoms with Gasteiger partial charge >= 0.3 is 42.4 Å². The van der Waals surface area contributed by atoms with Gasteiger partial charge in [-0.2, -0.15) is 39.5 Å². The summed E-state index contributed by atoms with van der Waals surface area (Å²) >= 11 is 11.9. The number of benzene rings is 4. The third kappa shape index (κ3) is 21.5. The number of fused-ring (bicyclic) bond motifs is 2. The van der Waals surface area contributed by atoms with Crippen LogP contribution in [-0.2, 0) is 24.0 Å². The molecule has 0 aliphatic carbocycles. The summed E-state index contributed by atoms with van der Waals surface area (Å²) in [5.74, 6) is -5.84. The van der Waals surface area contributed by atoms with E-state index in [0.717, 1.165) is 76.7 Å². The van der Waals surface area contributed by atoms with E-state index in [1.165, 1.54) is 10.6 Å². The van der Waals surface area contributed by atoms with Gasteiger partial charge in [-0.05, 0) is 98.4 Å². The van der Waals surface area contributed by atoms with Gasteiger partial charge in [-0.3, -0.25) is 9.59 Å². The number of piperazine rings is 1. The normalized spacial score (nSPS) is 12.6. The number of nitrogens with zero attached hydrogens (tertiary/aromatic N) is 6. The van der Waals surface area contributed by atoms with Crippen LogP contribution in [0, 0.1) is 0 Å². The highest BCUT2D eigenvalue weighted by Crippen LogP contribution is 2.29. The van der Waals surface area contributed by atoms with Crippen LogP contribution in [0.2, 0.25) is 0 Å². The summed E-state index contributed by atoms with van der Waals surface area (Å²) < 4.78 is 107. The minimum atomic E-state index is -5.08. The van der Waals surface area contributed by atoms with Crippen molar-refractivity contribution in [1.29, 1.82) is 0 Å². The number of carbonyl (C=O) groups excluding carboxylic acids is 1. The van der Waals surface area contributed by atoms with Gasteiger partial charge in [0.2, 0.25) is 0 Å². The Morgan fingerprint density at radius 2 is 1.06 bits per heavy atom. The van der Waals surface area contributed by atoms with Gasteiger partial charge in [0.05, 0.1) is 35.1 Å². The molecule has 438 valence electrons. The maximum Gasteiger partial charge on any atom is 0.490 e. The number of carboxylic acids is 4. The van der Waals surface area contributed by atoms with Crippen molar-refractivity contribution in [2.45, 2.75) is 38.8 Å². The zero-order chi connectivity index (χ0) is 58.7. The summed E-state index contributed by atoms with van der Waals surface area (Å²) in [6.07, 6.45) is -14.9. The third-order valence-corrected chi connectivity index (χ3v) is 11.3. The molecule has 1 aliphatic heterocycles. The van der Waals surface area contributed by atoms with E-state index in [0.29, 0.717) is 55.9 Å². The predicted molar refractivity (Wildman–Crippen MR) is 279 cm³/mol. The van der Waals surface area contributed by atoms with Crippen LogP contribution in [0.15, 0.2) is 84.9 Å². The molecule has 30 heteroatoms. The molecule has 0 saturated carbocycles. The number of nitrogens with one attached hydrogen (secondary N) is 2. The lowest BCUT2D eigenvalue weighted by Gasteiger charge is -2.34. The molecule has 19 nitrogen and oxygen atoms in total. The highest BCUT2D eigenvalue weighted by Gasteiger charge is 2.39. The van der Waals surface area contributed by atoms with Crippen LogP contribution in [0.4, 0.5) is 50.9 Å². The maximum absolute atomic E-state index is 13.1. The molecular weight excluding hydrogens is 1130 g/mol. The number of hydrogen-bond donors (Lipinski definition) is 6. The van der Waals surface area contributed by atoms with Gasteiger partial charge in [0.1, 0.15) is 23.1 Å². The van der Waals surface area contributed by atoms with Crippen LogP contribution in [0.5, 0.6) is 11.5 Å². The number of ether oxygens (including phenoxy) is 2. The fourth-order valence-electron chi connectivity index (χ4n) is 7.00. The molecule has 0 unspecified atom stereocenters. The number of imidazole rings is 2. The molecule has 1 amide bonds. The number of hydrogen-bond acceptors (Lipinski definition) is 12. The molecule has 1 aliphatic rings. The van der Waals surface area contributed by atoms with Crippen LogP contribution >= 0.6 is 23.2 Å². The van der Waals surface area contributed by atoms with E-state index in [-0.39, 0.29) is 32.9 Å². The number of alkyl halides is 11. The fraction of sp³-hybridized carbons (Fsp3) is 0.380. The molecule has 7 rings (SSSR count). The van der Waals surface area contributed by atoms with E-state index in [4.69, 9.17) is 72.3 Å². The number of halogens is 11. The molecule has 80 heavy (non-hydrogen) atoms. The summed E-state index contributed by atoms with van der Waals surface area (Å²) in [6, 6.07) is 27.6. The number of amides is 1. The summed E-state index contributed by atoms with van der Waals surface area (Å²) in [5.41, 5.74) is 7.75. The van der Waals surface area contributed by atoms with Crippen molar-refractivity contribution in [3.8, 4) is 34.3 Å². The summed E-state index contributed by atoms with van der Waals surface area (Å²) in [7, 11) is 2.16. The maximum atomic E-state index is 13.1. The standard InChI is InChI=1S/C43H48Cl2N8O5.3C2HF3O2.CH4/c1-50-22-24-52(25-23-50)33-8-14-37-39(28-33)49-43(47-37)31-5-13-36-38(27-31)48-42(46-36)30-3-9-34(10-4-30)57-26-2-18-53(19-15-41(55)56)40(54)29-58-35-11-6-32(7-12-35)51(20-16-44)21-17-45;3*3-2(4,5)1(6)7;/h3-14,27-28H,2,15-26,29H2,1H3,(H,46,48)(H,47,49)(H,55,56);3*(H,6,7);1H4. The SMILES string of the molecule is C.CN1CCN(c2ccc3nc(-c4ccc5nc(-c6ccc(OCCCN(CCC(=O)O)C(=O)COc7ccc(N(CCCl)CCCl)cc7)cc6)[nH]c5c4)[nH]c3c2)CC1.O=C(O)C(F)(F)F.O=C(O)C(F)(F)F.O=C(O)C(F)(F)F. The number of H-pyrrole nitrogens is 2. The largest absolute Gasteiger partial charge is 0.494 e. The first-order valence-electron chi connectivity index (χ1n) is 23.3. The summed E-state index contributed by atoms with van der Waals surface area (Å²) in [5, 5.41) is 30.6. The number of aromatic nitrogens is 4. The van der Waals surface area contributed by atoms with Crippen molar-refractivity contribution < 1.29 is 93.4 Å². The number of likely N-dealkylation sites (N-methyl/N-ethyl adjacent to an activating group) is 1.